The first kappa shape index (κ1) is 13.4. The standard InChI is InChI=1S/C12H15F2NO2/c13-9-5-6-10(14)11(8-9)15-7-3-1-2-4-12(16)17/h5-6,8,15H,1-4,7H2,(H,16,17). The molecule has 94 valence electrons. The minimum Gasteiger partial charge on any atom is -0.481 e. The maximum Gasteiger partial charge on any atom is 0.303 e. The Balaban J connectivity index is 2.22. The van der Waals surface area contributed by atoms with Gasteiger partial charge in [-0.1, -0.05) is 6.42 Å². The highest BCUT2D eigenvalue weighted by molar-refractivity contribution is 5.66. The Bertz CT molecular complexity index is 383. The molecule has 0 aliphatic heterocycles. The number of hydrogen-bond donors (Lipinski definition) is 2. The third-order valence-corrected chi connectivity index (χ3v) is 2.31. The second-order valence-electron chi connectivity index (χ2n) is 3.76. The quantitative estimate of drug-likeness (QED) is 0.724. The summed E-state index contributed by atoms with van der Waals surface area (Å²) in [4.78, 5) is 10.2. The topological polar surface area (TPSA) is 49.3 Å². The van der Waals surface area contributed by atoms with Crippen LogP contribution in [0.5, 0.6) is 0 Å². The highest BCUT2D eigenvalue weighted by Gasteiger charge is 2.02. The predicted octanol–water partition coefficient (Wildman–Crippen LogP) is 3.02. The first-order chi connectivity index (χ1) is 8.09. The Kier molecular flexibility index (Phi) is 5.39. The molecule has 0 atom stereocenters. The van der Waals surface area contributed by atoms with Crippen molar-refractivity contribution in [1.29, 1.82) is 0 Å². The largest absolute Gasteiger partial charge is 0.481 e. The molecule has 3 nitrogen and oxygen atoms in total. The molecular formula is C12H15F2NO2. The Labute approximate surface area is 98.5 Å². The van der Waals surface area contributed by atoms with E-state index in [0.717, 1.165) is 31.0 Å². The molecule has 0 aliphatic rings. The van der Waals surface area contributed by atoms with Gasteiger partial charge in [-0.25, -0.2) is 8.78 Å². The van der Waals surface area contributed by atoms with Crippen LogP contribution in [0.3, 0.4) is 0 Å². The number of anilines is 1. The van der Waals surface area contributed by atoms with Crippen molar-refractivity contribution in [2.24, 2.45) is 0 Å². The zero-order chi connectivity index (χ0) is 12.7. The second kappa shape index (κ2) is 6.83. The number of carbonyl (C=O) groups is 1. The van der Waals surface area contributed by atoms with Crippen LogP contribution in [0.25, 0.3) is 0 Å². The minimum absolute atomic E-state index is 0.142. The molecule has 5 heteroatoms. The van der Waals surface area contributed by atoms with E-state index in [2.05, 4.69) is 5.32 Å². The third kappa shape index (κ3) is 5.29. The van der Waals surface area contributed by atoms with Gasteiger partial charge in [0.1, 0.15) is 11.6 Å². The van der Waals surface area contributed by atoms with Crippen LogP contribution in [0.4, 0.5) is 14.5 Å². The molecule has 0 heterocycles. The molecule has 0 spiro atoms. The normalized spacial score (nSPS) is 10.2. The average molecular weight is 243 g/mol. The van der Waals surface area contributed by atoms with Gasteiger partial charge in [-0.05, 0) is 31.0 Å². The van der Waals surface area contributed by atoms with Crippen molar-refractivity contribution >= 4 is 11.7 Å². The Hall–Kier alpha value is -1.65. The number of benzene rings is 1. The molecule has 0 radical (unpaired) electrons. The summed E-state index contributed by atoms with van der Waals surface area (Å²) in [5.41, 5.74) is 0.142. The summed E-state index contributed by atoms with van der Waals surface area (Å²) in [6.07, 6.45) is 2.22. The number of hydrogen-bond acceptors (Lipinski definition) is 2. The van der Waals surface area contributed by atoms with E-state index in [-0.39, 0.29) is 12.1 Å². The molecule has 0 saturated heterocycles. The van der Waals surface area contributed by atoms with Crippen LogP contribution in [-0.4, -0.2) is 17.6 Å². The van der Waals surface area contributed by atoms with Crippen molar-refractivity contribution in [3.8, 4) is 0 Å². The highest BCUT2D eigenvalue weighted by Crippen LogP contribution is 2.15. The van der Waals surface area contributed by atoms with Crippen LogP contribution in [0.2, 0.25) is 0 Å². The zero-order valence-electron chi connectivity index (χ0n) is 9.38. The van der Waals surface area contributed by atoms with E-state index >= 15 is 0 Å². The molecule has 0 aromatic heterocycles. The lowest BCUT2D eigenvalue weighted by Crippen LogP contribution is -2.04. The second-order valence-corrected chi connectivity index (χ2v) is 3.76. The maximum absolute atomic E-state index is 13.1. The summed E-state index contributed by atoms with van der Waals surface area (Å²) in [7, 11) is 0. The van der Waals surface area contributed by atoms with Gasteiger partial charge in [-0.2, -0.15) is 0 Å². The SMILES string of the molecule is O=C(O)CCCCCNc1cc(F)ccc1F. The van der Waals surface area contributed by atoms with Crippen molar-refractivity contribution < 1.29 is 18.7 Å². The van der Waals surface area contributed by atoms with Gasteiger partial charge in [0.15, 0.2) is 0 Å². The van der Waals surface area contributed by atoms with Gasteiger partial charge in [-0.3, -0.25) is 4.79 Å². The van der Waals surface area contributed by atoms with Crippen LogP contribution in [0.15, 0.2) is 18.2 Å². The van der Waals surface area contributed by atoms with E-state index in [4.69, 9.17) is 5.11 Å². The monoisotopic (exact) mass is 243 g/mol. The van der Waals surface area contributed by atoms with Gasteiger partial charge in [0.05, 0.1) is 5.69 Å². The summed E-state index contributed by atoms with van der Waals surface area (Å²) >= 11 is 0. The van der Waals surface area contributed by atoms with Gasteiger partial charge >= 0.3 is 5.97 Å². The molecule has 0 bridgehead atoms. The molecule has 0 amide bonds. The van der Waals surface area contributed by atoms with Gasteiger partial charge < -0.3 is 10.4 Å². The van der Waals surface area contributed by atoms with E-state index in [1.165, 1.54) is 0 Å². The van der Waals surface area contributed by atoms with Gasteiger partial charge in [0.2, 0.25) is 0 Å². The zero-order valence-corrected chi connectivity index (χ0v) is 9.38. The molecule has 0 aliphatic carbocycles. The highest BCUT2D eigenvalue weighted by atomic mass is 19.1. The predicted molar refractivity (Wildman–Crippen MR) is 61.0 cm³/mol. The van der Waals surface area contributed by atoms with Crippen molar-refractivity contribution in [1.82, 2.24) is 0 Å². The number of nitrogens with one attached hydrogen (secondary N) is 1. The van der Waals surface area contributed by atoms with E-state index in [1.807, 2.05) is 0 Å². The molecule has 0 saturated carbocycles. The number of halogens is 2. The molecule has 17 heavy (non-hydrogen) atoms. The minimum atomic E-state index is -0.811. The molecule has 1 aromatic rings. The number of carboxylic acid groups (broad SMARTS) is 1. The number of rotatable bonds is 7. The van der Waals surface area contributed by atoms with Crippen molar-refractivity contribution in [2.75, 3.05) is 11.9 Å². The Morgan fingerprint density at radius 2 is 2.00 bits per heavy atom. The van der Waals surface area contributed by atoms with Gasteiger partial charge in [-0.15, -0.1) is 0 Å². The van der Waals surface area contributed by atoms with Gasteiger partial charge in [0.25, 0.3) is 0 Å². The van der Waals surface area contributed by atoms with Crippen molar-refractivity contribution in [3.63, 3.8) is 0 Å². The van der Waals surface area contributed by atoms with Crippen LogP contribution >= 0.6 is 0 Å². The van der Waals surface area contributed by atoms with Crippen molar-refractivity contribution in [2.45, 2.75) is 25.7 Å². The summed E-state index contributed by atoms with van der Waals surface area (Å²) in [5, 5.41) is 11.2. The first-order valence-corrected chi connectivity index (χ1v) is 5.50. The lowest BCUT2D eigenvalue weighted by Gasteiger charge is -2.07. The van der Waals surface area contributed by atoms with Crippen LogP contribution in [0, 0.1) is 11.6 Å². The number of unbranched alkanes of at least 4 members (excludes halogenated alkanes) is 2. The molecule has 1 rings (SSSR count). The molecular weight excluding hydrogens is 228 g/mol. The molecule has 0 unspecified atom stereocenters. The third-order valence-electron chi connectivity index (χ3n) is 2.31. The molecule has 2 N–H and O–H groups in total. The lowest BCUT2D eigenvalue weighted by molar-refractivity contribution is -0.137. The van der Waals surface area contributed by atoms with Crippen LogP contribution in [-0.2, 0) is 4.79 Å². The average Bonchev–Trinajstić information content (AvgIpc) is 2.27. The summed E-state index contributed by atoms with van der Waals surface area (Å²) in [5.74, 6) is -1.79. The van der Waals surface area contributed by atoms with Crippen molar-refractivity contribution in [3.05, 3.63) is 29.8 Å². The lowest BCUT2D eigenvalue weighted by atomic mass is 10.2. The smallest absolute Gasteiger partial charge is 0.303 e. The first-order valence-electron chi connectivity index (χ1n) is 5.50. The maximum atomic E-state index is 13.1. The molecule has 1 aromatic carbocycles. The fourth-order valence-corrected chi connectivity index (χ4v) is 1.43. The van der Waals surface area contributed by atoms with E-state index in [0.29, 0.717) is 13.0 Å². The Morgan fingerprint density at radius 3 is 2.71 bits per heavy atom. The van der Waals surface area contributed by atoms with E-state index < -0.39 is 17.6 Å². The van der Waals surface area contributed by atoms with Crippen LogP contribution < -0.4 is 5.32 Å². The van der Waals surface area contributed by atoms with E-state index in [1.54, 1.807) is 0 Å². The number of carboxylic acids is 1. The summed E-state index contributed by atoms with van der Waals surface area (Å²) in [6, 6.07) is 3.24. The fraction of sp³-hybridized carbons (Fsp3) is 0.417. The Morgan fingerprint density at radius 1 is 1.24 bits per heavy atom. The summed E-state index contributed by atoms with van der Waals surface area (Å²) < 4.78 is 25.9. The number of aliphatic carboxylic acids is 1. The van der Waals surface area contributed by atoms with E-state index in [9.17, 15) is 13.6 Å². The summed E-state index contributed by atoms with van der Waals surface area (Å²) in [6.45, 7) is 0.500. The van der Waals surface area contributed by atoms with Crippen LogP contribution in [0.1, 0.15) is 25.7 Å². The molecule has 0 fully saturated rings. The van der Waals surface area contributed by atoms with Gasteiger partial charge in [0, 0.05) is 13.0 Å². The fourth-order valence-electron chi connectivity index (χ4n) is 1.43.